The number of nitrogens with two attached hydrogens (primary N) is 1. The molecule has 0 atom stereocenters. The van der Waals surface area contributed by atoms with Crippen molar-refractivity contribution in [2.24, 2.45) is 0 Å². The van der Waals surface area contributed by atoms with E-state index in [4.69, 9.17) is 5.73 Å². The van der Waals surface area contributed by atoms with Crippen LogP contribution in [0.25, 0.3) is 16.8 Å². The van der Waals surface area contributed by atoms with Gasteiger partial charge in [0.15, 0.2) is 0 Å². The first-order valence-corrected chi connectivity index (χ1v) is 6.90. The van der Waals surface area contributed by atoms with Gasteiger partial charge in [0, 0.05) is 29.2 Å². The second-order valence-electron chi connectivity index (χ2n) is 5.18. The normalized spacial score (nSPS) is 10.6. The van der Waals surface area contributed by atoms with Gasteiger partial charge in [-0.05, 0) is 54.4 Å². The van der Waals surface area contributed by atoms with E-state index in [1.807, 2.05) is 6.92 Å². The summed E-state index contributed by atoms with van der Waals surface area (Å²) in [4.78, 5) is 12.2. The number of nitrogen functional groups attached to an aromatic ring is 1. The molecule has 0 spiro atoms. The minimum atomic E-state index is -0.284. The van der Waals surface area contributed by atoms with Crippen molar-refractivity contribution in [3.8, 4) is 16.8 Å². The summed E-state index contributed by atoms with van der Waals surface area (Å²) in [6.45, 7) is 1.87. The molecule has 0 unspecified atom stereocenters. The van der Waals surface area contributed by atoms with Crippen LogP contribution >= 0.6 is 0 Å². The highest BCUT2D eigenvalue weighted by Crippen LogP contribution is 2.23. The Hall–Kier alpha value is -2.88. The Bertz CT molecular complexity index is 865. The summed E-state index contributed by atoms with van der Waals surface area (Å²) in [7, 11) is 0. The maximum Gasteiger partial charge on any atom is 0.255 e. The molecule has 0 fully saturated rings. The maximum absolute atomic E-state index is 13.1. The van der Waals surface area contributed by atoms with E-state index in [0.717, 1.165) is 22.4 Å². The Morgan fingerprint density at radius 3 is 2.27 bits per heavy atom. The van der Waals surface area contributed by atoms with E-state index < -0.39 is 0 Å². The zero-order valence-electron chi connectivity index (χ0n) is 12.1. The Balaban J connectivity index is 2.16. The van der Waals surface area contributed by atoms with Crippen LogP contribution in [-0.4, -0.2) is 4.57 Å². The van der Waals surface area contributed by atoms with E-state index in [9.17, 15) is 9.18 Å². The van der Waals surface area contributed by atoms with Crippen LogP contribution in [0.1, 0.15) is 5.56 Å². The fourth-order valence-electron chi connectivity index (χ4n) is 2.40. The zero-order chi connectivity index (χ0) is 15.7. The summed E-state index contributed by atoms with van der Waals surface area (Å²) in [5.41, 5.74) is 9.54. The molecule has 0 saturated heterocycles. The monoisotopic (exact) mass is 294 g/mol. The number of aromatic nitrogens is 1. The van der Waals surface area contributed by atoms with Gasteiger partial charge < -0.3 is 5.73 Å². The van der Waals surface area contributed by atoms with Crippen LogP contribution in [0.15, 0.2) is 65.6 Å². The van der Waals surface area contributed by atoms with Crippen LogP contribution in [0.3, 0.4) is 0 Å². The van der Waals surface area contributed by atoms with Gasteiger partial charge in [0.2, 0.25) is 0 Å². The van der Waals surface area contributed by atoms with Crippen LogP contribution in [-0.2, 0) is 0 Å². The maximum atomic E-state index is 13.1. The van der Waals surface area contributed by atoms with Crippen LogP contribution in [0.2, 0.25) is 0 Å². The van der Waals surface area contributed by atoms with E-state index >= 15 is 0 Å². The van der Waals surface area contributed by atoms with Crippen molar-refractivity contribution in [3.05, 3.63) is 82.5 Å². The summed E-state index contributed by atoms with van der Waals surface area (Å²) in [5.74, 6) is -0.284. The first-order valence-electron chi connectivity index (χ1n) is 6.90. The number of aryl methyl sites for hydroxylation is 1. The average molecular weight is 294 g/mol. The minimum Gasteiger partial charge on any atom is -0.399 e. The molecule has 1 heterocycles. The van der Waals surface area contributed by atoms with Gasteiger partial charge in [0.05, 0.1) is 0 Å². The van der Waals surface area contributed by atoms with Crippen molar-refractivity contribution in [1.82, 2.24) is 4.57 Å². The highest BCUT2D eigenvalue weighted by atomic mass is 19.1. The summed E-state index contributed by atoms with van der Waals surface area (Å²) in [6, 6.07) is 14.9. The number of benzene rings is 2. The topological polar surface area (TPSA) is 48.0 Å². The Morgan fingerprint density at radius 2 is 1.64 bits per heavy atom. The average Bonchev–Trinajstić information content (AvgIpc) is 2.50. The Kier molecular flexibility index (Phi) is 3.51. The van der Waals surface area contributed by atoms with Gasteiger partial charge in [0.1, 0.15) is 5.82 Å². The molecule has 0 bridgehead atoms. The van der Waals surface area contributed by atoms with Gasteiger partial charge >= 0.3 is 0 Å². The van der Waals surface area contributed by atoms with Crippen molar-refractivity contribution in [2.75, 3.05) is 5.73 Å². The van der Waals surface area contributed by atoms with Crippen LogP contribution in [0.4, 0.5) is 10.1 Å². The van der Waals surface area contributed by atoms with Gasteiger partial charge in [-0.25, -0.2) is 4.39 Å². The lowest BCUT2D eigenvalue weighted by atomic mass is 10.0. The standard InChI is InChI=1S/C18H15FN2O/c1-12-10-18(22)21(16-8-6-15(20)7-9-16)11-17(12)13-2-4-14(19)5-3-13/h2-11H,20H2,1H3. The fourth-order valence-corrected chi connectivity index (χ4v) is 2.40. The predicted octanol–water partition coefficient (Wildman–Crippen LogP) is 3.53. The third kappa shape index (κ3) is 2.63. The molecule has 2 aromatic carbocycles. The Labute approximate surface area is 127 Å². The van der Waals surface area contributed by atoms with Crippen molar-refractivity contribution < 1.29 is 4.39 Å². The van der Waals surface area contributed by atoms with Crippen LogP contribution in [0, 0.1) is 12.7 Å². The number of halogens is 1. The fraction of sp³-hybridized carbons (Fsp3) is 0.0556. The van der Waals surface area contributed by atoms with Crippen molar-refractivity contribution in [2.45, 2.75) is 6.92 Å². The lowest BCUT2D eigenvalue weighted by molar-refractivity contribution is 0.628. The third-order valence-electron chi connectivity index (χ3n) is 3.59. The summed E-state index contributed by atoms with van der Waals surface area (Å²) < 4.78 is 14.6. The summed E-state index contributed by atoms with van der Waals surface area (Å²) in [6.07, 6.45) is 1.77. The molecule has 3 aromatic rings. The van der Waals surface area contributed by atoms with Gasteiger partial charge in [-0.1, -0.05) is 12.1 Å². The molecular formula is C18H15FN2O. The summed E-state index contributed by atoms with van der Waals surface area (Å²) >= 11 is 0. The molecule has 22 heavy (non-hydrogen) atoms. The first-order chi connectivity index (χ1) is 10.5. The number of nitrogens with zero attached hydrogens (tertiary/aromatic N) is 1. The molecule has 1 aromatic heterocycles. The van der Waals surface area contributed by atoms with Crippen molar-refractivity contribution in [3.63, 3.8) is 0 Å². The molecule has 2 N–H and O–H groups in total. The van der Waals surface area contributed by atoms with Crippen LogP contribution in [0.5, 0.6) is 0 Å². The SMILES string of the molecule is Cc1cc(=O)n(-c2ccc(N)cc2)cc1-c1ccc(F)cc1. The number of anilines is 1. The molecule has 0 radical (unpaired) electrons. The molecule has 3 rings (SSSR count). The van der Waals surface area contributed by atoms with E-state index in [1.165, 1.54) is 12.1 Å². The molecule has 0 aliphatic rings. The van der Waals surface area contributed by atoms with Gasteiger partial charge in [-0.2, -0.15) is 0 Å². The van der Waals surface area contributed by atoms with Gasteiger partial charge in [0.25, 0.3) is 5.56 Å². The van der Waals surface area contributed by atoms with E-state index in [0.29, 0.717) is 5.69 Å². The highest BCUT2D eigenvalue weighted by Gasteiger charge is 2.07. The van der Waals surface area contributed by atoms with Crippen LogP contribution < -0.4 is 11.3 Å². The molecule has 0 aliphatic carbocycles. The summed E-state index contributed by atoms with van der Waals surface area (Å²) in [5, 5.41) is 0. The van der Waals surface area contributed by atoms with Crippen molar-refractivity contribution in [1.29, 1.82) is 0 Å². The number of hydrogen-bond acceptors (Lipinski definition) is 2. The molecule has 110 valence electrons. The molecule has 4 heteroatoms. The molecule has 3 nitrogen and oxygen atoms in total. The lowest BCUT2D eigenvalue weighted by Crippen LogP contribution is -2.17. The molecular weight excluding hydrogens is 279 g/mol. The number of hydrogen-bond donors (Lipinski definition) is 1. The second kappa shape index (κ2) is 5.48. The van der Waals surface area contributed by atoms with E-state index in [-0.39, 0.29) is 11.4 Å². The number of pyridine rings is 1. The smallest absolute Gasteiger partial charge is 0.255 e. The second-order valence-corrected chi connectivity index (χ2v) is 5.18. The van der Waals surface area contributed by atoms with E-state index in [2.05, 4.69) is 0 Å². The highest BCUT2D eigenvalue weighted by molar-refractivity contribution is 5.66. The predicted molar refractivity (Wildman–Crippen MR) is 86.6 cm³/mol. The molecule has 0 amide bonds. The molecule has 0 aliphatic heterocycles. The first kappa shape index (κ1) is 14.1. The lowest BCUT2D eigenvalue weighted by Gasteiger charge is -2.12. The number of rotatable bonds is 2. The third-order valence-corrected chi connectivity index (χ3v) is 3.59. The molecule has 0 saturated carbocycles. The van der Waals surface area contributed by atoms with Crippen molar-refractivity contribution >= 4 is 5.69 Å². The Morgan fingerprint density at radius 1 is 1.00 bits per heavy atom. The van der Waals surface area contributed by atoms with Gasteiger partial charge in [-0.3, -0.25) is 9.36 Å². The van der Waals surface area contributed by atoms with Gasteiger partial charge in [-0.15, -0.1) is 0 Å². The quantitative estimate of drug-likeness (QED) is 0.735. The zero-order valence-corrected chi connectivity index (χ0v) is 12.1. The minimum absolute atomic E-state index is 0.117. The largest absolute Gasteiger partial charge is 0.399 e. The van der Waals surface area contributed by atoms with E-state index in [1.54, 1.807) is 53.2 Å².